The molecule has 1 rings (SSSR count). The number of rotatable bonds is 7. The summed E-state index contributed by atoms with van der Waals surface area (Å²) < 4.78 is 31.6. The first kappa shape index (κ1) is 15.9. The second-order valence-electron chi connectivity index (χ2n) is 3.71. The number of hydrogen-bond acceptors (Lipinski definition) is 4. The Morgan fingerprint density at radius 1 is 1.47 bits per heavy atom. The minimum Gasteiger partial charge on any atom is -0.382 e. The Bertz CT molecular complexity index is 567. The molecule has 0 saturated heterocycles. The highest BCUT2D eigenvalue weighted by Crippen LogP contribution is 2.22. The van der Waals surface area contributed by atoms with Crippen molar-refractivity contribution in [3.8, 4) is 6.07 Å². The van der Waals surface area contributed by atoms with Crippen molar-refractivity contribution >= 4 is 21.6 Å². The van der Waals surface area contributed by atoms with Crippen molar-refractivity contribution in [3.63, 3.8) is 0 Å². The van der Waals surface area contributed by atoms with Crippen LogP contribution in [0.5, 0.6) is 0 Å². The molecule has 0 saturated carbocycles. The molecule has 0 unspecified atom stereocenters. The lowest BCUT2D eigenvalue weighted by Gasteiger charge is -2.08. The number of benzene rings is 1. The van der Waals surface area contributed by atoms with Crippen LogP contribution in [-0.2, 0) is 14.8 Å². The summed E-state index contributed by atoms with van der Waals surface area (Å²) in [6.07, 6.45) is 0.572. The lowest BCUT2D eigenvalue weighted by Crippen LogP contribution is -2.26. The maximum atomic E-state index is 12.0. The summed E-state index contributed by atoms with van der Waals surface area (Å²) in [5, 5.41) is 8.86. The molecule has 0 aromatic heterocycles. The van der Waals surface area contributed by atoms with E-state index in [1.54, 1.807) is 0 Å². The molecule has 1 aromatic rings. The summed E-state index contributed by atoms with van der Waals surface area (Å²) >= 11 is 5.85. The van der Waals surface area contributed by atoms with Crippen LogP contribution in [0, 0.1) is 11.3 Å². The van der Waals surface area contributed by atoms with Gasteiger partial charge in [-0.05, 0) is 31.5 Å². The highest BCUT2D eigenvalue weighted by molar-refractivity contribution is 7.89. The molecule has 0 fully saturated rings. The van der Waals surface area contributed by atoms with Crippen LogP contribution in [0.2, 0.25) is 5.02 Å². The van der Waals surface area contributed by atoms with Crippen LogP contribution in [0.4, 0.5) is 0 Å². The summed E-state index contributed by atoms with van der Waals surface area (Å²) in [6.45, 7) is 3.22. The first-order chi connectivity index (χ1) is 9.01. The molecular weight excluding hydrogens is 288 g/mol. The Labute approximate surface area is 118 Å². The van der Waals surface area contributed by atoms with E-state index < -0.39 is 10.0 Å². The Morgan fingerprint density at radius 2 is 2.21 bits per heavy atom. The molecule has 1 N–H and O–H groups in total. The van der Waals surface area contributed by atoms with Gasteiger partial charge in [-0.2, -0.15) is 5.26 Å². The fraction of sp³-hybridized carbons (Fsp3) is 0.417. The van der Waals surface area contributed by atoms with E-state index in [-0.39, 0.29) is 22.0 Å². The molecule has 0 atom stereocenters. The second kappa shape index (κ2) is 7.46. The van der Waals surface area contributed by atoms with Crippen LogP contribution in [-0.4, -0.2) is 28.2 Å². The van der Waals surface area contributed by atoms with E-state index in [2.05, 4.69) is 4.72 Å². The van der Waals surface area contributed by atoms with Crippen molar-refractivity contribution in [2.24, 2.45) is 0 Å². The maximum Gasteiger partial charge on any atom is 0.242 e. The molecule has 1 aromatic carbocycles. The maximum absolute atomic E-state index is 12.0. The van der Waals surface area contributed by atoms with Crippen LogP contribution in [0.15, 0.2) is 23.1 Å². The quantitative estimate of drug-likeness (QED) is 0.780. The predicted octanol–water partition coefficient (Wildman–Crippen LogP) is 1.92. The SMILES string of the molecule is CCOCCCNS(=O)(=O)c1cc(C#N)ccc1Cl. The van der Waals surface area contributed by atoms with E-state index >= 15 is 0 Å². The minimum absolute atomic E-state index is 0.0790. The minimum atomic E-state index is -3.70. The number of ether oxygens (including phenoxy) is 1. The largest absolute Gasteiger partial charge is 0.382 e. The van der Waals surface area contributed by atoms with Crippen molar-refractivity contribution in [1.82, 2.24) is 4.72 Å². The molecule has 0 radical (unpaired) electrons. The van der Waals surface area contributed by atoms with Crippen molar-refractivity contribution in [3.05, 3.63) is 28.8 Å². The molecule has 0 bridgehead atoms. The Kier molecular flexibility index (Phi) is 6.25. The molecule has 0 aliphatic rings. The summed E-state index contributed by atoms with van der Waals surface area (Å²) in [7, 11) is -3.70. The van der Waals surface area contributed by atoms with Gasteiger partial charge >= 0.3 is 0 Å². The van der Waals surface area contributed by atoms with Gasteiger partial charge in [0.15, 0.2) is 0 Å². The average molecular weight is 303 g/mol. The fourth-order valence-corrected chi connectivity index (χ4v) is 2.98. The third-order valence-electron chi connectivity index (χ3n) is 2.31. The molecule has 0 heterocycles. The van der Waals surface area contributed by atoms with Gasteiger partial charge in [-0.3, -0.25) is 0 Å². The lowest BCUT2D eigenvalue weighted by atomic mass is 10.2. The Balaban J connectivity index is 2.75. The number of hydrogen-bond donors (Lipinski definition) is 1. The van der Waals surface area contributed by atoms with E-state index in [0.717, 1.165) is 0 Å². The topological polar surface area (TPSA) is 79.2 Å². The van der Waals surface area contributed by atoms with Gasteiger partial charge in [0.05, 0.1) is 16.7 Å². The summed E-state index contributed by atoms with van der Waals surface area (Å²) in [4.78, 5) is -0.0790. The zero-order valence-corrected chi connectivity index (χ0v) is 12.1. The van der Waals surface area contributed by atoms with Gasteiger partial charge in [-0.1, -0.05) is 11.6 Å². The number of sulfonamides is 1. The fourth-order valence-electron chi connectivity index (χ4n) is 1.38. The number of halogens is 1. The number of nitriles is 1. The van der Waals surface area contributed by atoms with Gasteiger partial charge in [-0.15, -0.1) is 0 Å². The van der Waals surface area contributed by atoms with Gasteiger partial charge in [0.1, 0.15) is 4.90 Å². The molecule has 0 aliphatic heterocycles. The van der Waals surface area contributed by atoms with E-state index in [9.17, 15) is 8.42 Å². The van der Waals surface area contributed by atoms with Gasteiger partial charge in [0, 0.05) is 19.8 Å². The zero-order valence-electron chi connectivity index (χ0n) is 10.5. The average Bonchev–Trinajstić information content (AvgIpc) is 2.39. The van der Waals surface area contributed by atoms with Crippen molar-refractivity contribution in [2.75, 3.05) is 19.8 Å². The number of nitrogens with zero attached hydrogens (tertiary/aromatic N) is 1. The second-order valence-corrected chi connectivity index (χ2v) is 5.85. The molecule has 0 spiro atoms. The zero-order chi connectivity index (χ0) is 14.3. The number of nitrogens with one attached hydrogen (secondary N) is 1. The van der Waals surface area contributed by atoms with E-state index in [1.165, 1.54) is 18.2 Å². The first-order valence-corrected chi connectivity index (χ1v) is 7.64. The van der Waals surface area contributed by atoms with E-state index in [4.69, 9.17) is 21.6 Å². The normalized spacial score (nSPS) is 11.2. The summed E-state index contributed by atoms with van der Waals surface area (Å²) in [5.74, 6) is 0. The Morgan fingerprint density at radius 3 is 2.84 bits per heavy atom. The highest BCUT2D eigenvalue weighted by Gasteiger charge is 2.17. The van der Waals surface area contributed by atoms with Crippen LogP contribution in [0.25, 0.3) is 0 Å². The van der Waals surface area contributed by atoms with Crippen molar-refractivity contribution in [1.29, 1.82) is 5.26 Å². The van der Waals surface area contributed by atoms with Crippen LogP contribution < -0.4 is 4.72 Å². The Hall–Kier alpha value is -1.13. The van der Waals surface area contributed by atoms with Crippen molar-refractivity contribution in [2.45, 2.75) is 18.2 Å². The van der Waals surface area contributed by atoms with Crippen molar-refractivity contribution < 1.29 is 13.2 Å². The molecule has 19 heavy (non-hydrogen) atoms. The highest BCUT2D eigenvalue weighted by atomic mass is 35.5. The standard InChI is InChI=1S/C12H15ClN2O3S/c1-2-18-7-3-6-15-19(16,17)12-8-10(9-14)4-5-11(12)13/h4-5,8,15H,2-3,6-7H2,1H3. The smallest absolute Gasteiger partial charge is 0.242 e. The summed E-state index contributed by atoms with van der Waals surface area (Å²) in [5.41, 5.74) is 0.249. The first-order valence-electron chi connectivity index (χ1n) is 5.78. The van der Waals surface area contributed by atoms with Crippen LogP contribution in [0.1, 0.15) is 18.9 Å². The molecular formula is C12H15ClN2O3S. The monoisotopic (exact) mass is 302 g/mol. The third kappa shape index (κ3) is 4.80. The predicted molar refractivity (Wildman–Crippen MR) is 72.5 cm³/mol. The summed E-state index contributed by atoms with van der Waals surface area (Å²) in [6, 6.07) is 6.00. The van der Waals surface area contributed by atoms with Gasteiger partial charge < -0.3 is 4.74 Å². The molecule has 0 amide bonds. The van der Waals surface area contributed by atoms with Crippen LogP contribution >= 0.6 is 11.6 Å². The van der Waals surface area contributed by atoms with Crippen LogP contribution in [0.3, 0.4) is 0 Å². The van der Waals surface area contributed by atoms with Gasteiger partial charge in [0.2, 0.25) is 10.0 Å². The molecule has 0 aliphatic carbocycles. The third-order valence-corrected chi connectivity index (χ3v) is 4.25. The molecule has 104 valence electrons. The molecule has 5 nitrogen and oxygen atoms in total. The van der Waals surface area contributed by atoms with E-state index in [0.29, 0.717) is 19.6 Å². The molecule has 7 heteroatoms. The lowest BCUT2D eigenvalue weighted by molar-refractivity contribution is 0.146. The van der Waals surface area contributed by atoms with E-state index in [1.807, 2.05) is 13.0 Å². The van der Waals surface area contributed by atoms with Gasteiger partial charge in [0.25, 0.3) is 0 Å². The van der Waals surface area contributed by atoms with Gasteiger partial charge in [-0.25, -0.2) is 13.1 Å².